The number of ether oxygens (including phenoxy) is 1. The molecule has 0 spiro atoms. The highest BCUT2D eigenvalue weighted by atomic mass is 19.4. The van der Waals surface area contributed by atoms with Crippen molar-refractivity contribution in [1.29, 1.82) is 0 Å². The highest BCUT2D eigenvalue weighted by Crippen LogP contribution is 2.28. The van der Waals surface area contributed by atoms with Gasteiger partial charge in [-0.25, -0.2) is 4.79 Å². The molecule has 17 heavy (non-hydrogen) atoms. The molecular formula is C11H15F3O3. The second-order valence-electron chi connectivity index (χ2n) is 4.58. The van der Waals surface area contributed by atoms with Crippen LogP contribution in [-0.2, 0) is 14.3 Å². The van der Waals surface area contributed by atoms with Gasteiger partial charge in [0.15, 0.2) is 0 Å². The van der Waals surface area contributed by atoms with Crippen LogP contribution in [0.1, 0.15) is 34.1 Å². The fourth-order valence-electron chi connectivity index (χ4n) is 0.975. The third-order valence-electron chi connectivity index (χ3n) is 1.50. The maximum atomic E-state index is 12.4. The van der Waals surface area contributed by atoms with Crippen molar-refractivity contribution in [3.8, 4) is 0 Å². The van der Waals surface area contributed by atoms with E-state index < -0.39 is 35.5 Å². The molecule has 0 radical (unpaired) electrons. The maximum Gasteiger partial charge on any atom is 0.413 e. The summed E-state index contributed by atoms with van der Waals surface area (Å²) in [6.07, 6.45) is -5.21. The van der Waals surface area contributed by atoms with Crippen molar-refractivity contribution < 1.29 is 27.5 Å². The number of halogens is 3. The molecule has 0 unspecified atom stereocenters. The van der Waals surface area contributed by atoms with Crippen LogP contribution in [0.25, 0.3) is 0 Å². The summed E-state index contributed by atoms with van der Waals surface area (Å²) in [5.74, 6) is -1.77. The quantitative estimate of drug-likeness (QED) is 0.573. The Labute approximate surface area is 97.6 Å². The van der Waals surface area contributed by atoms with E-state index in [1.165, 1.54) is 20.8 Å². The Morgan fingerprint density at radius 2 is 1.65 bits per heavy atom. The van der Waals surface area contributed by atoms with E-state index >= 15 is 0 Å². The minimum Gasteiger partial charge on any atom is -0.457 e. The summed E-state index contributed by atoms with van der Waals surface area (Å²) in [5.41, 5.74) is -2.07. The number of alkyl halides is 3. The standard InChI is InChI=1S/C11H15F3O3/c1-7(15)5-8(11(12,13)14)6-9(16)17-10(2,3)4/h6H,5H2,1-4H3/b8-6+. The van der Waals surface area contributed by atoms with Crippen LogP contribution in [0.15, 0.2) is 11.6 Å². The molecule has 0 aliphatic carbocycles. The molecule has 3 nitrogen and oxygen atoms in total. The largest absolute Gasteiger partial charge is 0.457 e. The van der Waals surface area contributed by atoms with Gasteiger partial charge < -0.3 is 4.74 Å². The van der Waals surface area contributed by atoms with Crippen molar-refractivity contribution in [1.82, 2.24) is 0 Å². The van der Waals surface area contributed by atoms with Crippen molar-refractivity contribution >= 4 is 11.8 Å². The van der Waals surface area contributed by atoms with Gasteiger partial charge >= 0.3 is 12.1 Å². The summed E-state index contributed by atoms with van der Waals surface area (Å²) < 4.78 is 42.1. The Bertz CT molecular complexity index is 335. The van der Waals surface area contributed by atoms with Crippen LogP contribution < -0.4 is 0 Å². The molecule has 0 aromatic rings. The molecule has 98 valence electrons. The molecule has 0 bridgehead atoms. The molecule has 0 rings (SSSR count). The van der Waals surface area contributed by atoms with Gasteiger partial charge in [-0.2, -0.15) is 13.2 Å². The number of hydrogen-bond donors (Lipinski definition) is 0. The lowest BCUT2D eigenvalue weighted by Crippen LogP contribution is -2.24. The van der Waals surface area contributed by atoms with Crippen molar-refractivity contribution in [2.75, 3.05) is 0 Å². The van der Waals surface area contributed by atoms with Gasteiger partial charge in [0.1, 0.15) is 11.4 Å². The topological polar surface area (TPSA) is 43.4 Å². The van der Waals surface area contributed by atoms with E-state index in [0.717, 1.165) is 6.92 Å². The fraction of sp³-hybridized carbons (Fsp3) is 0.636. The zero-order valence-electron chi connectivity index (χ0n) is 10.1. The first-order chi connectivity index (χ1) is 7.42. The highest BCUT2D eigenvalue weighted by Gasteiger charge is 2.35. The van der Waals surface area contributed by atoms with E-state index in [9.17, 15) is 22.8 Å². The molecule has 0 saturated heterocycles. The van der Waals surface area contributed by atoms with Crippen molar-refractivity contribution in [2.45, 2.75) is 45.9 Å². The second-order valence-corrected chi connectivity index (χ2v) is 4.58. The average Bonchev–Trinajstić information content (AvgIpc) is 1.95. The van der Waals surface area contributed by atoms with Crippen molar-refractivity contribution in [3.63, 3.8) is 0 Å². The lowest BCUT2D eigenvalue weighted by Gasteiger charge is -2.19. The average molecular weight is 252 g/mol. The summed E-state index contributed by atoms with van der Waals surface area (Å²) in [4.78, 5) is 21.9. The van der Waals surface area contributed by atoms with Gasteiger partial charge in [-0.3, -0.25) is 4.79 Å². The number of hydrogen-bond acceptors (Lipinski definition) is 3. The third kappa shape index (κ3) is 7.54. The SMILES string of the molecule is CC(=O)C/C(=C\C(=O)OC(C)(C)C)C(F)(F)F. The molecule has 0 saturated carbocycles. The summed E-state index contributed by atoms with van der Waals surface area (Å²) in [6.45, 7) is 5.64. The third-order valence-corrected chi connectivity index (χ3v) is 1.50. The maximum absolute atomic E-state index is 12.4. The Balaban J connectivity index is 4.93. The second kappa shape index (κ2) is 5.33. The molecule has 0 heterocycles. The minimum absolute atomic E-state index is 0.326. The molecule has 0 N–H and O–H groups in total. The van der Waals surface area contributed by atoms with Gasteiger partial charge in [0, 0.05) is 18.1 Å². The number of Topliss-reactive ketones (excluding diaryl/α,β-unsaturated/α-hetero) is 1. The van der Waals surface area contributed by atoms with E-state index in [2.05, 4.69) is 0 Å². The number of carbonyl (C=O) groups is 2. The van der Waals surface area contributed by atoms with Gasteiger partial charge in [-0.1, -0.05) is 0 Å². The molecule has 6 heteroatoms. The zero-order chi connectivity index (χ0) is 13.9. The van der Waals surface area contributed by atoms with E-state index in [0.29, 0.717) is 6.08 Å². The van der Waals surface area contributed by atoms with Crippen LogP contribution in [0, 0.1) is 0 Å². The number of allylic oxidation sites excluding steroid dienone is 1. The first kappa shape index (κ1) is 15.7. The van der Waals surface area contributed by atoms with Gasteiger partial charge in [0.25, 0.3) is 0 Å². The van der Waals surface area contributed by atoms with E-state index in [4.69, 9.17) is 4.74 Å². The first-order valence-electron chi connectivity index (χ1n) is 4.92. The van der Waals surface area contributed by atoms with E-state index in [-0.39, 0.29) is 0 Å². The Morgan fingerprint density at radius 3 is 1.94 bits per heavy atom. The lowest BCUT2D eigenvalue weighted by molar-refractivity contribution is -0.149. The predicted molar refractivity (Wildman–Crippen MR) is 55.3 cm³/mol. The predicted octanol–water partition coefficient (Wildman–Crippen LogP) is 2.80. The number of rotatable bonds is 3. The smallest absolute Gasteiger partial charge is 0.413 e. The van der Waals surface area contributed by atoms with Crippen molar-refractivity contribution in [3.05, 3.63) is 11.6 Å². The summed E-state index contributed by atoms with van der Waals surface area (Å²) in [6, 6.07) is 0. The van der Waals surface area contributed by atoms with Crippen LogP contribution in [0.3, 0.4) is 0 Å². The van der Waals surface area contributed by atoms with Crippen LogP contribution in [0.4, 0.5) is 13.2 Å². The van der Waals surface area contributed by atoms with Crippen LogP contribution in [0.2, 0.25) is 0 Å². The van der Waals surface area contributed by atoms with Gasteiger partial charge in [-0.05, 0) is 27.7 Å². The Kier molecular flexibility index (Phi) is 4.92. The molecule has 0 aliphatic rings. The van der Waals surface area contributed by atoms with Gasteiger partial charge in [-0.15, -0.1) is 0 Å². The molecule has 0 aromatic heterocycles. The monoisotopic (exact) mass is 252 g/mol. The number of esters is 1. The summed E-state index contributed by atoms with van der Waals surface area (Å²) >= 11 is 0. The minimum atomic E-state index is -4.71. The Morgan fingerprint density at radius 1 is 1.18 bits per heavy atom. The molecule has 0 amide bonds. The number of ketones is 1. The molecule has 0 fully saturated rings. The fourth-order valence-corrected chi connectivity index (χ4v) is 0.975. The Hall–Kier alpha value is -1.33. The summed E-state index contributed by atoms with van der Waals surface area (Å²) in [7, 11) is 0. The first-order valence-corrected chi connectivity index (χ1v) is 4.92. The van der Waals surface area contributed by atoms with Gasteiger partial charge in [0.2, 0.25) is 0 Å². The normalized spacial score (nSPS) is 13.5. The van der Waals surface area contributed by atoms with Crippen LogP contribution in [-0.4, -0.2) is 23.5 Å². The van der Waals surface area contributed by atoms with Crippen molar-refractivity contribution in [2.24, 2.45) is 0 Å². The summed E-state index contributed by atoms with van der Waals surface area (Å²) in [5, 5.41) is 0. The highest BCUT2D eigenvalue weighted by molar-refractivity contribution is 5.86. The molecule has 0 atom stereocenters. The molecule has 0 aromatic carbocycles. The molecular weight excluding hydrogens is 237 g/mol. The molecule has 0 aliphatic heterocycles. The van der Waals surface area contributed by atoms with Gasteiger partial charge in [0.05, 0.1) is 0 Å². The van der Waals surface area contributed by atoms with Crippen LogP contribution in [0.5, 0.6) is 0 Å². The lowest BCUT2D eigenvalue weighted by atomic mass is 10.1. The zero-order valence-corrected chi connectivity index (χ0v) is 10.1. The van der Waals surface area contributed by atoms with Crippen LogP contribution >= 0.6 is 0 Å². The van der Waals surface area contributed by atoms with E-state index in [1.54, 1.807) is 0 Å². The van der Waals surface area contributed by atoms with E-state index in [1.807, 2.05) is 0 Å². The number of carbonyl (C=O) groups excluding carboxylic acids is 2.